The van der Waals surface area contributed by atoms with Crippen molar-refractivity contribution in [3.63, 3.8) is 0 Å². The molecule has 0 saturated heterocycles. The van der Waals surface area contributed by atoms with Gasteiger partial charge in [0.05, 0.1) is 47.8 Å². The van der Waals surface area contributed by atoms with Gasteiger partial charge in [-0.1, -0.05) is 141 Å². The average Bonchev–Trinajstić information content (AvgIpc) is 3.18. The molecular formula is C47H38BNO4. The Bertz CT molecular complexity index is 2450. The van der Waals surface area contributed by atoms with Crippen molar-refractivity contribution in [1.29, 1.82) is 0 Å². The lowest BCUT2D eigenvalue weighted by molar-refractivity contribution is 0.0601. The number of methoxy groups -OCH3 is 2. The molecule has 0 fully saturated rings. The number of esters is 2. The van der Waals surface area contributed by atoms with Crippen LogP contribution in [0.3, 0.4) is 0 Å². The van der Waals surface area contributed by atoms with Gasteiger partial charge in [-0.05, 0) is 68.8 Å². The zero-order valence-corrected chi connectivity index (χ0v) is 30.7. The van der Waals surface area contributed by atoms with Gasteiger partial charge in [0.25, 0.3) is 0 Å². The lowest BCUT2D eigenvalue weighted by atomic mass is 9.23. The number of carbonyl (C=O) groups excluding carboxylic acids is 2. The van der Waals surface area contributed by atoms with E-state index in [1.165, 1.54) is 64.0 Å². The predicted molar refractivity (Wildman–Crippen MR) is 211 cm³/mol. The van der Waals surface area contributed by atoms with Gasteiger partial charge in [-0.15, -0.1) is 0 Å². The molecule has 0 radical (unpaired) electrons. The first-order valence-corrected chi connectivity index (χ1v) is 18.3. The van der Waals surface area contributed by atoms with Crippen LogP contribution in [-0.2, 0) is 25.7 Å². The Morgan fingerprint density at radius 1 is 0.472 bits per heavy atom. The number of carbonyl (C=O) groups is 2. The molecule has 0 atom stereocenters. The van der Waals surface area contributed by atoms with Crippen molar-refractivity contribution in [2.75, 3.05) is 19.1 Å². The molecule has 6 aromatic rings. The molecule has 0 amide bonds. The Kier molecular flexibility index (Phi) is 6.37. The summed E-state index contributed by atoms with van der Waals surface area (Å²) in [6.07, 6.45) is 0. The number of hydrogen-bond acceptors (Lipinski definition) is 5. The fourth-order valence-electron chi connectivity index (χ4n) is 10.7. The van der Waals surface area contributed by atoms with Crippen molar-refractivity contribution in [2.45, 2.75) is 43.9 Å². The van der Waals surface area contributed by atoms with Crippen molar-refractivity contribution in [3.05, 3.63) is 177 Å². The number of fused-ring (bicyclic) bond motifs is 6. The molecule has 6 aromatic carbocycles. The van der Waals surface area contributed by atoms with Gasteiger partial charge in [-0.3, -0.25) is 0 Å². The third-order valence-corrected chi connectivity index (χ3v) is 12.9. The van der Waals surface area contributed by atoms with Crippen LogP contribution in [-0.4, -0.2) is 32.9 Å². The Labute approximate surface area is 310 Å². The van der Waals surface area contributed by atoms with Crippen molar-refractivity contribution >= 4 is 52.1 Å². The summed E-state index contributed by atoms with van der Waals surface area (Å²) in [5.74, 6) is -1.07. The SMILES string of the molecule is COC(=O)c1cccc(C(=O)OC)c1N1c2ccccc2C2(c3ccccc31)c1cccc3c1B1c4c(cccc4C(C)(C)c4cccc2c41)C3(C)C. The van der Waals surface area contributed by atoms with Crippen LogP contribution in [0.25, 0.3) is 0 Å². The second-order valence-corrected chi connectivity index (χ2v) is 15.8. The third-order valence-electron chi connectivity index (χ3n) is 12.9. The maximum atomic E-state index is 13.6. The molecule has 0 aromatic heterocycles. The average molecular weight is 692 g/mol. The van der Waals surface area contributed by atoms with Crippen LogP contribution in [0, 0.1) is 0 Å². The Morgan fingerprint density at radius 3 is 1.23 bits per heavy atom. The summed E-state index contributed by atoms with van der Waals surface area (Å²) in [6.45, 7) is 9.62. The Balaban J connectivity index is 1.39. The fourth-order valence-corrected chi connectivity index (χ4v) is 10.7. The predicted octanol–water partition coefficient (Wildman–Crippen LogP) is 7.53. The van der Waals surface area contributed by atoms with Crippen LogP contribution in [0.1, 0.15) is 92.9 Å². The van der Waals surface area contributed by atoms with Crippen molar-refractivity contribution in [1.82, 2.24) is 0 Å². The number of ether oxygens (including phenoxy) is 2. The number of para-hydroxylation sites is 3. The van der Waals surface area contributed by atoms with E-state index >= 15 is 0 Å². The van der Waals surface area contributed by atoms with Gasteiger partial charge in [-0.25, -0.2) is 9.59 Å². The summed E-state index contributed by atoms with van der Waals surface area (Å²) >= 11 is 0. The highest BCUT2D eigenvalue weighted by Crippen LogP contribution is 2.60. The molecule has 0 bridgehead atoms. The quantitative estimate of drug-likeness (QED) is 0.142. The summed E-state index contributed by atoms with van der Waals surface area (Å²) in [6, 6.07) is 42.9. The molecule has 258 valence electrons. The van der Waals surface area contributed by atoms with Crippen LogP contribution in [0.5, 0.6) is 0 Å². The number of hydrogen-bond donors (Lipinski definition) is 0. The van der Waals surface area contributed by atoms with Crippen molar-refractivity contribution < 1.29 is 19.1 Å². The molecule has 53 heavy (non-hydrogen) atoms. The lowest BCUT2D eigenvalue weighted by Crippen LogP contribution is -2.72. The standard InChI is InChI=1S/C47H38BNO4/c1-45(2)31-19-12-20-32-39(31)48-40-33(45)21-13-23-35(40)47(36-24-14-22-34(41(36)48)46(32,3)4)29-17-7-9-25-37(29)49(38-26-10-8-18-30(38)47)42-27(43(50)52-5)15-11-16-28(42)44(51)53-6/h7-26H,1-6H3. The molecule has 0 unspecified atom stereocenters. The van der Waals surface area contributed by atoms with Gasteiger partial charge in [0.1, 0.15) is 0 Å². The minimum atomic E-state index is -0.724. The third kappa shape index (κ3) is 3.68. The van der Waals surface area contributed by atoms with Crippen LogP contribution in [0.4, 0.5) is 17.1 Å². The molecular weight excluding hydrogens is 653 g/mol. The minimum absolute atomic E-state index is 0.0913. The van der Waals surface area contributed by atoms with E-state index in [0.29, 0.717) is 5.69 Å². The summed E-state index contributed by atoms with van der Waals surface area (Å²) in [5, 5.41) is 0. The van der Waals surface area contributed by atoms with Gasteiger partial charge in [-0.2, -0.15) is 0 Å². The van der Waals surface area contributed by atoms with E-state index < -0.39 is 17.4 Å². The molecule has 4 aliphatic rings. The highest BCUT2D eigenvalue weighted by molar-refractivity contribution is 6.98. The van der Waals surface area contributed by atoms with Gasteiger partial charge in [0.15, 0.2) is 0 Å². The van der Waals surface area contributed by atoms with E-state index in [0.717, 1.165) is 22.5 Å². The molecule has 6 heteroatoms. The number of nitrogens with zero attached hydrogens (tertiary/aromatic N) is 1. The first-order chi connectivity index (χ1) is 25.6. The lowest BCUT2D eigenvalue weighted by Gasteiger charge is -2.56. The van der Waals surface area contributed by atoms with Crippen molar-refractivity contribution in [3.8, 4) is 0 Å². The first-order valence-electron chi connectivity index (χ1n) is 18.3. The summed E-state index contributed by atoms with van der Waals surface area (Å²) in [7, 11) is 2.73. The second-order valence-electron chi connectivity index (χ2n) is 15.8. The first kappa shape index (κ1) is 31.8. The van der Waals surface area contributed by atoms with Crippen LogP contribution in [0.2, 0.25) is 0 Å². The van der Waals surface area contributed by atoms with E-state index in [9.17, 15) is 9.59 Å². The van der Waals surface area contributed by atoms with Gasteiger partial charge in [0.2, 0.25) is 6.71 Å². The Morgan fingerprint density at radius 2 is 0.811 bits per heavy atom. The van der Waals surface area contributed by atoms with Crippen LogP contribution < -0.4 is 21.3 Å². The molecule has 4 aliphatic heterocycles. The van der Waals surface area contributed by atoms with Crippen LogP contribution in [0.15, 0.2) is 121 Å². The summed E-state index contributed by atoms with van der Waals surface area (Å²) in [4.78, 5) is 29.2. The molecule has 0 saturated carbocycles. The largest absolute Gasteiger partial charge is 0.465 e. The van der Waals surface area contributed by atoms with Gasteiger partial charge in [0, 0.05) is 10.8 Å². The van der Waals surface area contributed by atoms with E-state index in [2.05, 4.69) is 124 Å². The maximum Gasteiger partial charge on any atom is 0.340 e. The molecule has 5 nitrogen and oxygen atoms in total. The van der Waals surface area contributed by atoms with E-state index in [1.54, 1.807) is 18.2 Å². The highest BCUT2D eigenvalue weighted by atomic mass is 16.5. The Hall–Kier alpha value is -5.88. The second kappa shape index (κ2) is 10.6. The molecule has 0 aliphatic carbocycles. The van der Waals surface area contributed by atoms with Crippen molar-refractivity contribution in [2.24, 2.45) is 0 Å². The highest BCUT2D eigenvalue weighted by Gasteiger charge is 2.59. The number of anilines is 3. The summed E-state index contributed by atoms with van der Waals surface area (Å²) in [5.41, 5.74) is 16.0. The normalized spacial score (nSPS) is 16.6. The van der Waals surface area contributed by atoms with E-state index in [1.807, 2.05) is 12.1 Å². The van der Waals surface area contributed by atoms with E-state index in [4.69, 9.17) is 9.47 Å². The monoisotopic (exact) mass is 691 g/mol. The smallest absolute Gasteiger partial charge is 0.340 e. The van der Waals surface area contributed by atoms with Gasteiger partial charge < -0.3 is 14.4 Å². The summed E-state index contributed by atoms with van der Waals surface area (Å²) < 4.78 is 10.7. The topological polar surface area (TPSA) is 55.8 Å². The van der Waals surface area contributed by atoms with E-state index in [-0.39, 0.29) is 28.7 Å². The maximum absolute atomic E-state index is 13.6. The minimum Gasteiger partial charge on any atom is -0.465 e. The van der Waals surface area contributed by atoms with Gasteiger partial charge >= 0.3 is 11.9 Å². The molecule has 0 N–H and O–H groups in total. The zero-order chi connectivity index (χ0) is 36.6. The van der Waals surface area contributed by atoms with Crippen LogP contribution >= 0.6 is 0 Å². The molecule has 4 heterocycles. The molecule has 10 rings (SSSR count). The fraction of sp³-hybridized carbons (Fsp3) is 0.191. The molecule has 1 spiro atoms. The zero-order valence-electron chi connectivity index (χ0n) is 30.7. The number of rotatable bonds is 3. The number of benzene rings is 6.